The van der Waals surface area contributed by atoms with E-state index in [2.05, 4.69) is 16.0 Å². The monoisotopic (exact) mass is 534 g/mol. The average molecular weight is 535 g/mol. The summed E-state index contributed by atoms with van der Waals surface area (Å²) in [5.74, 6) is -1.62. The molecule has 2 aromatic carbocycles. The molecule has 2 aliphatic rings. The van der Waals surface area contributed by atoms with E-state index in [0.29, 0.717) is 38.6 Å². The first-order chi connectivity index (χ1) is 18.8. The molecular weight excluding hydrogens is 496 g/mol. The van der Waals surface area contributed by atoms with E-state index in [0.717, 1.165) is 11.1 Å². The molecule has 4 rings (SSSR count). The predicted octanol–water partition coefficient (Wildman–Crippen LogP) is 1.48. The summed E-state index contributed by atoms with van der Waals surface area (Å²) in [5, 5.41) is 18.0. The highest BCUT2D eigenvalue weighted by Gasteiger charge is 2.43. The third-order valence-electron chi connectivity index (χ3n) is 7.56. The lowest BCUT2D eigenvalue weighted by Crippen LogP contribution is -2.66. The number of aliphatic hydroxyl groups excluding tert-OH is 1. The van der Waals surface area contributed by atoms with Crippen molar-refractivity contribution in [3.05, 3.63) is 71.8 Å². The van der Waals surface area contributed by atoms with Gasteiger partial charge in [-0.3, -0.25) is 19.2 Å². The van der Waals surface area contributed by atoms with Gasteiger partial charge < -0.3 is 26.0 Å². The summed E-state index contributed by atoms with van der Waals surface area (Å²) in [4.78, 5) is 56.4. The van der Waals surface area contributed by atoms with Crippen LogP contribution in [0.5, 0.6) is 0 Å². The largest absolute Gasteiger partial charge is 0.396 e. The Morgan fingerprint density at radius 3 is 2.21 bits per heavy atom. The van der Waals surface area contributed by atoms with E-state index in [1.807, 2.05) is 60.7 Å². The summed E-state index contributed by atoms with van der Waals surface area (Å²) in [6.45, 7) is 2.03. The second kappa shape index (κ2) is 12.9. The Balaban J connectivity index is 1.71. The van der Waals surface area contributed by atoms with Crippen LogP contribution in [-0.2, 0) is 32.0 Å². The molecule has 2 fully saturated rings. The molecule has 9 nitrogen and oxygen atoms in total. The van der Waals surface area contributed by atoms with Gasteiger partial charge in [0, 0.05) is 26.0 Å². The molecule has 2 aromatic rings. The number of nitrogens with one attached hydrogen (secondary N) is 3. The molecule has 2 saturated heterocycles. The molecular formula is C30H38N4O5. The number of fused-ring (bicyclic) bond motifs is 1. The minimum absolute atomic E-state index is 0.0237. The van der Waals surface area contributed by atoms with Crippen molar-refractivity contribution in [2.75, 3.05) is 13.2 Å². The van der Waals surface area contributed by atoms with Gasteiger partial charge in [-0.05, 0) is 50.2 Å². The lowest BCUT2D eigenvalue weighted by Gasteiger charge is -2.36. The van der Waals surface area contributed by atoms with Crippen molar-refractivity contribution < 1.29 is 24.3 Å². The molecule has 0 bridgehead atoms. The van der Waals surface area contributed by atoms with Crippen molar-refractivity contribution in [2.45, 2.75) is 75.5 Å². The number of hydrogen-bond acceptors (Lipinski definition) is 5. The van der Waals surface area contributed by atoms with Crippen LogP contribution in [0.2, 0.25) is 0 Å². The molecule has 0 radical (unpaired) electrons. The Morgan fingerprint density at radius 2 is 1.54 bits per heavy atom. The number of aliphatic hydroxyl groups is 1. The number of carbonyl (C=O) groups is 4. The number of benzene rings is 2. The van der Waals surface area contributed by atoms with Gasteiger partial charge in [-0.1, -0.05) is 60.7 Å². The van der Waals surface area contributed by atoms with Crippen molar-refractivity contribution in [2.24, 2.45) is 0 Å². The van der Waals surface area contributed by atoms with E-state index >= 15 is 0 Å². The van der Waals surface area contributed by atoms with Crippen LogP contribution in [0.15, 0.2) is 60.7 Å². The fraction of sp³-hybridized carbons (Fsp3) is 0.467. The molecule has 0 spiro atoms. The van der Waals surface area contributed by atoms with Crippen LogP contribution < -0.4 is 16.0 Å². The van der Waals surface area contributed by atoms with Crippen LogP contribution in [0.25, 0.3) is 0 Å². The van der Waals surface area contributed by atoms with Crippen molar-refractivity contribution in [3.63, 3.8) is 0 Å². The lowest BCUT2D eigenvalue weighted by atomic mass is 9.90. The molecule has 39 heavy (non-hydrogen) atoms. The minimum Gasteiger partial charge on any atom is -0.396 e. The summed E-state index contributed by atoms with van der Waals surface area (Å²) < 4.78 is 0. The topological polar surface area (TPSA) is 128 Å². The molecule has 0 aliphatic carbocycles. The van der Waals surface area contributed by atoms with Crippen LogP contribution in [0.4, 0.5) is 0 Å². The van der Waals surface area contributed by atoms with E-state index in [-0.39, 0.29) is 31.3 Å². The number of hydrogen-bond donors (Lipinski definition) is 4. The number of nitrogens with zero attached hydrogens (tertiary/aromatic N) is 1. The van der Waals surface area contributed by atoms with Crippen molar-refractivity contribution in [1.29, 1.82) is 0 Å². The number of unbranched alkanes of at least 4 members (excludes halogenated alkanes) is 1. The van der Waals surface area contributed by atoms with Gasteiger partial charge in [-0.2, -0.15) is 0 Å². The highest BCUT2D eigenvalue weighted by Crippen LogP contribution is 2.22. The van der Waals surface area contributed by atoms with Gasteiger partial charge in [-0.15, -0.1) is 0 Å². The van der Waals surface area contributed by atoms with Gasteiger partial charge in [0.2, 0.25) is 23.6 Å². The zero-order chi connectivity index (χ0) is 27.8. The van der Waals surface area contributed by atoms with E-state index in [1.165, 1.54) is 0 Å². The van der Waals surface area contributed by atoms with Gasteiger partial charge in [0.25, 0.3) is 0 Å². The van der Waals surface area contributed by atoms with Gasteiger partial charge >= 0.3 is 0 Å². The summed E-state index contributed by atoms with van der Waals surface area (Å²) in [6.07, 6.45) is 2.90. The Labute approximate surface area is 229 Å². The molecule has 0 aromatic heterocycles. The summed E-state index contributed by atoms with van der Waals surface area (Å²) in [5.41, 5.74) is 0.326. The first kappa shape index (κ1) is 28.3. The van der Waals surface area contributed by atoms with E-state index in [4.69, 9.17) is 0 Å². The minimum atomic E-state index is -1.39. The SMILES string of the molecule is C[C@@]1(Cc2ccccc2)NC(=O)[C@H](CCCCO)NC(=O)[C@H]2CCCN2C(=O)C(Cc2ccccc2)NC1=O. The van der Waals surface area contributed by atoms with Crippen LogP contribution in [-0.4, -0.2) is 70.5 Å². The molecule has 9 heteroatoms. The van der Waals surface area contributed by atoms with Crippen LogP contribution in [0, 0.1) is 0 Å². The van der Waals surface area contributed by atoms with Crippen molar-refractivity contribution >= 4 is 23.6 Å². The summed E-state index contributed by atoms with van der Waals surface area (Å²) >= 11 is 0. The fourth-order valence-electron chi connectivity index (χ4n) is 5.41. The lowest BCUT2D eigenvalue weighted by molar-refractivity contribution is -0.144. The van der Waals surface area contributed by atoms with Gasteiger partial charge in [0.15, 0.2) is 0 Å². The molecule has 4 N–H and O–H groups in total. The molecule has 208 valence electrons. The third-order valence-corrected chi connectivity index (χ3v) is 7.56. The smallest absolute Gasteiger partial charge is 0.246 e. The molecule has 2 heterocycles. The number of amides is 4. The van der Waals surface area contributed by atoms with Gasteiger partial charge in [-0.25, -0.2) is 0 Å². The predicted molar refractivity (Wildman–Crippen MR) is 146 cm³/mol. The quantitative estimate of drug-likeness (QED) is 0.382. The first-order valence-electron chi connectivity index (χ1n) is 13.7. The zero-order valence-electron chi connectivity index (χ0n) is 22.4. The fourth-order valence-corrected chi connectivity index (χ4v) is 5.41. The molecule has 4 amide bonds. The highest BCUT2D eigenvalue weighted by molar-refractivity contribution is 5.99. The van der Waals surface area contributed by atoms with Crippen LogP contribution in [0.1, 0.15) is 50.2 Å². The Morgan fingerprint density at radius 1 is 0.872 bits per heavy atom. The third kappa shape index (κ3) is 7.03. The summed E-state index contributed by atoms with van der Waals surface area (Å²) in [7, 11) is 0. The normalized spacial score (nSPS) is 26.1. The van der Waals surface area contributed by atoms with E-state index in [1.54, 1.807) is 11.8 Å². The van der Waals surface area contributed by atoms with E-state index < -0.39 is 35.5 Å². The highest BCUT2D eigenvalue weighted by atomic mass is 16.3. The Kier molecular flexibility index (Phi) is 9.35. The first-order valence-corrected chi connectivity index (χ1v) is 13.7. The van der Waals surface area contributed by atoms with Crippen LogP contribution >= 0.6 is 0 Å². The van der Waals surface area contributed by atoms with E-state index in [9.17, 15) is 24.3 Å². The standard InChI is InChI=1S/C30H38N4O5/c1-30(20-22-13-6-3-7-14-22)29(39)32-24(19-21-11-4-2-5-12-21)28(38)34-17-10-16-25(34)27(37)31-23(26(36)33-30)15-8-9-18-35/h2-7,11-14,23-25,35H,8-10,15-20H2,1H3,(H,31,37)(H,32,39)(H,33,36)/t23-,24?,25+,30-/m0/s1. The van der Waals surface area contributed by atoms with Gasteiger partial charge in [0.1, 0.15) is 23.7 Å². The van der Waals surface area contributed by atoms with Crippen molar-refractivity contribution in [1.82, 2.24) is 20.9 Å². The van der Waals surface area contributed by atoms with Gasteiger partial charge in [0.05, 0.1) is 0 Å². The zero-order valence-corrected chi connectivity index (χ0v) is 22.4. The molecule has 1 unspecified atom stereocenters. The maximum absolute atomic E-state index is 14.0. The van der Waals surface area contributed by atoms with Crippen molar-refractivity contribution in [3.8, 4) is 0 Å². The number of rotatable bonds is 8. The Hall–Kier alpha value is -3.72. The second-order valence-corrected chi connectivity index (χ2v) is 10.7. The molecule has 0 saturated carbocycles. The summed E-state index contributed by atoms with van der Waals surface area (Å²) in [6, 6.07) is 16.3. The van der Waals surface area contributed by atoms with Crippen LogP contribution in [0.3, 0.4) is 0 Å². The molecule has 2 aliphatic heterocycles. The maximum atomic E-state index is 14.0. The maximum Gasteiger partial charge on any atom is 0.246 e. The number of carbonyl (C=O) groups excluding carboxylic acids is 4. The second-order valence-electron chi connectivity index (χ2n) is 10.7. The Bertz CT molecular complexity index is 1160. The average Bonchev–Trinajstić information content (AvgIpc) is 3.42. The molecule has 4 atom stereocenters.